The number of carbonyl (C=O) groups excluding carboxylic acids is 1. The number of carbonyl (C=O) groups is 1. The molecule has 1 amide bonds. The van der Waals surface area contributed by atoms with Gasteiger partial charge in [-0.25, -0.2) is 4.98 Å². The number of nitrogens with zero attached hydrogens (tertiary/aromatic N) is 2. The third-order valence-corrected chi connectivity index (χ3v) is 7.14. The lowest BCUT2D eigenvalue weighted by Crippen LogP contribution is -2.42. The van der Waals surface area contributed by atoms with Gasteiger partial charge < -0.3 is 15.3 Å². The standard InChI is InChI=1S/C32H29F6N3O.CH4O/c1-20-10-8-9-13-25(20)26-17-28(39-18-21-11-6-5-7-12-21)40-19-27(26)41(4)29(42)30(2,3)22-14-23(31(33,34)35)16-24(15-22)32(36,37)38;1-2/h5-17,19H,18H2,1-4H3,(H,39,40);2H,1H3. The summed E-state index contributed by atoms with van der Waals surface area (Å²) in [5, 5.41) is 10.3. The Hall–Kier alpha value is -4.38. The highest BCUT2D eigenvalue weighted by Crippen LogP contribution is 2.41. The maximum atomic E-state index is 13.9. The molecule has 0 unspecified atom stereocenters. The van der Waals surface area contributed by atoms with Crippen LogP contribution in [-0.2, 0) is 29.1 Å². The number of aryl methyl sites for hydroxylation is 1. The summed E-state index contributed by atoms with van der Waals surface area (Å²) in [6.07, 6.45) is -8.60. The van der Waals surface area contributed by atoms with E-state index in [4.69, 9.17) is 5.11 Å². The molecule has 0 fully saturated rings. The Morgan fingerprint density at radius 3 is 1.86 bits per heavy atom. The Labute approximate surface area is 252 Å². The SMILES string of the molecule is CO.Cc1ccccc1-c1cc(NCc2ccccc2)ncc1N(C)C(=O)C(C)(C)c1cc(C(F)(F)F)cc(C(F)(F)F)c1. The third kappa shape index (κ3) is 7.76. The van der Waals surface area contributed by atoms with Crippen molar-refractivity contribution in [3.8, 4) is 11.1 Å². The molecule has 234 valence electrons. The molecule has 4 rings (SSSR count). The molecule has 44 heavy (non-hydrogen) atoms. The average Bonchev–Trinajstić information content (AvgIpc) is 3.00. The van der Waals surface area contributed by atoms with Gasteiger partial charge in [-0.2, -0.15) is 26.3 Å². The number of aromatic nitrogens is 1. The van der Waals surface area contributed by atoms with E-state index >= 15 is 0 Å². The van der Waals surface area contributed by atoms with E-state index in [0.29, 0.717) is 35.7 Å². The third-order valence-electron chi connectivity index (χ3n) is 7.14. The maximum Gasteiger partial charge on any atom is 0.416 e. The van der Waals surface area contributed by atoms with E-state index in [0.717, 1.165) is 23.8 Å². The van der Waals surface area contributed by atoms with Crippen molar-refractivity contribution in [3.05, 3.63) is 113 Å². The van der Waals surface area contributed by atoms with Crippen molar-refractivity contribution in [2.45, 2.75) is 45.1 Å². The first-order valence-electron chi connectivity index (χ1n) is 13.5. The van der Waals surface area contributed by atoms with Gasteiger partial charge >= 0.3 is 12.4 Å². The average molecular weight is 618 g/mol. The Bertz CT molecular complexity index is 1550. The number of nitrogens with one attached hydrogen (secondary N) is 1. The van der Waals surface area contributed by atoms with Gasteiger partial charge in [0.25, 0.3) is 0 Å². The van der Waals surface area contributed by atoms with E-state index in [1.54, 1.807) is 6.07 Å². The number of halogens is 6. The van der Waals surface area contributed by atoms with Gasteiger partial charge in [-0.3, -0.25) is 4.79 Å². The summed E-state index contributed by atoms with van der Waals surface area (Å²) in [4.78, 5) is 19.6. The Kier molecular flexibility index (Phi) is 10.5. The summed E-state index contributed by atoms with van der Waals surface area (Å²) in [7, 11) is 2.43. The van der Waals surface area contributed by atoms with Gasteiger partial charge in [0.1, 0.15) is 5.82 Å². The van der Waals surface area contributed by atoms with Crippen molar-refractivity contribution in [3.63, 3.8) is 0 Å². The fourth-order valence-electron chi connectivity index (χ4n) is 4.66. The predicted octanol–water partition coefficient (Wildman–Crippen LogP) is 8.26. The van der Waals surface area contributed by atoms with Crippen LogP contribution in [0.25, 0.3) is 11.1 Å². The van der Waals surface area contributed by atoms with Crippen molar-refractivity contribution in [2.24, 2.45) is 0 Å². The highest BCUT2D eigenvalue weighted by atomic mass is 19.4. The molecule has 0 aliphatic rings. The van der Waals surface area contributed by atoms with Crippen LogP contribution in [0.2, 0.25) is 0 Å². The highest BCUT2D eigenvalue weighted by Gasteiger charge is 2.41. The smallest absolute Gasteiger partial charge is 0.400 e. The minimum Gasteiger partial charge on any atom is -0.400 e. The van der Waals surface area contributed by atoms with Gasteiger partial charge in [0.2, 0.25) is 5.91 Å². The van der Waals surface area contributed by atoms with Crippen LogP contribution in [0.5, 0.6) is 0 Å². The molecule has 11 heteroatoms. The van der Waals surface area contributed by atoms with Crippen molar-refractivity contribution < 1.29 is 36.2 Å². The maximum absolute atomic E-state index is 13.9. The first kappa shape index (κ1) is 34.1. The second-order valence-corrected chi connectivity index (χ2v) is 10.5. The van der Waals surface area contributed by atoms with Crippen LogP contribution in [0, 0.1) is 6.92 Å². The first-order valence-corrected chi connectivity index (χ1v) is 13.5. The van der Waals surface area contributed by atoms with E-state index in [1.165, 1.54) is 32.0 Å². The summed E-state index contributed by atoms with van der Waals surface area (Å²) < 4.78 is 81.4. The zero-order chi connectivity index (χ0) is 32.9. The minimum absolute atomic E-state index is 0.0507. The number of aliphatic hydroxyl groups is 1. The predicted molar refractivity (Wildman–Crippen MR) is 159 cm³/mol. The fraction of sp³-hybridized carbons (Fsp3) is 0.273. The van der Waals surface area contributed by atoms with Gasteiger partial charge in [0, 0.05) is 26.3 Å². The molecule has 1 aromatic heterocycles. The largest absolute Gasteiger partial charge is 0.416 e. The summed E-state index contributed by atoms with van der Waals surface area (Å²) >= 11 is 0. The van der Waals surface area contributed by atoms with E-state index in [9.17, 15) is 31.1 Å². The summed E-state index contributed by atoms with van der Waals surface area (Å²) in [5.74, 6) is -0.190. The van der Waals surface area contributed by atoms with Gasteiger partial charge in [0.15, 0.2) is 0 Å². The van der Waals surface area contributed by atoms with Crippen LogP contribution in [-0.4, -0.2) is 30.2 Å². The zero-order valence-electron chi connectivity index (χ0n) is 24.8. The number of amides is 1. The van der Waals surface area contributed by atoms with Crippen molar-refractivity contribution >= 4 is 17.4 Å². The molecule has 0 aliphatic heterocycles. The number of hydrogen-bond donors (Lipinski definition) is 2. The molecule has 0 radical (unpaired) electrons. The van der Waals surface area contributed by atoms with Crippen molar-refractivity contribution in [1.82, 2.24) is 4.98 Å². The van der Waals surface area contributed by atoms with E-state index in [-0.39, 0.29) is 6.07 Å². The van der Waals surface area contributed by atoms with Crippen LogP contribution in [0.3, 0.4) is 0 Å². The lowest BCUT2D eigenvalue weighted by Gasteiger charge is -2.32. The minimum atomic E-state index is -5.04. The normalized spacial score (nSPS) is 11.8. The summed E-state index contributed by atoms with van der Waals surface area (Å²) in [5.41, 5.74) is -1.47. The Morgan fingerprint density at radius 1 is 0.795 bits per heavy atom. The molecule has 0 saturated carbocycles. The molecule has 2 N–H and O–H groups in total. The molecule has 4 aromatic rings. The quantitative estimate of drug-likeness (QED) is 0.205. The van der Waals surface area contributed by atoms with Gasteiger partial charge in [-0.15, -0.1) is 0 Å². The molecular formula is C33H33F6N3O2. The topological polar surface area (TPSA) is 65.5 Å². The van der Waals surface area contributed by atoms with E-state index < -0.39 is 40.4 Å². The van der Waals surface area contributed by atoms with Crippen molar-refractivity contribution in [2.75, 3.05) is 24.4 Å². The van der Waals surface area contributed by atoms with Gasteiger partial charge in [0.05, 0.1) is 28.4 Å². The number of anilines is 2. The zero-order valence-corrected chi connectivity index (χ0v) is 24.8. The summed E-state index contributed by atoms with van der Waals surface area (Å²) in [6, 6.07) is 20.1. The number of rotatable bonds is 7. The number of hydrogen-bond acceptors (Lipinski definition) is 4. The number of pyridine rings is 1. The van der Waals surface area contributed by atoms with E-state index in [2.05, 4.69) is 10.3 Å². The lowest BCUT2D eigenvalue weighted by molar-refractivity contribution is -0.143. The van der Waals surface area contributed by atoms with Crippen molar-refractivity contribution in [1.29, 1.82) is 0 Å². The second-order valence-electron chi connectivity index (χ2n) is 10.5. The number of aliphatic hydroxyl groups excluding tert-OH is 1. The molecule has 1 heterocycles. The Morgan fingerprint density at radius 2 is 1.32 bits per heavy atom. The molecule has 3 aromatic carbocycles. The van der Waals surface area contributed by atoms with Crippen LogP contribution < -0.4 is 10.2 Å². The molecule has 0 bridgehead atoms. The monoisotopic (exact) mass is 617 g/mol. The van der Waals surface area contributed by atoms with Crippen LogP contribution in [0.4, 0.5) is 37.8 Å². The van der Waals surface area contributed by atoms with E-state index in [1.807, 2.05) is 61.5 Å². The molecule has 0 aliphatic carbocycles. The Balaban J connectivity index is 0.00000259. The fourth-order valence-corrected chi connectivity index (χ4v) is 4.66. The first-order chi connectivity index (χ1) is 20.6. The molecule has 0 spiro atoms. The second kappa shape index (κ2) is 13.5. The number of likely N-dealkylation sites (N-methyl/N-ethyl adjacent to an activating group) is 1. The highest BCUT2D eigenvalue weighted by molar-refractivity contribution is 6.03. The van der Waals surface area contributed by atoms with Crippen LogP contribution >= 0.6 is 0 Å². The number of benzene rings is 3. The van der Waals surface area contributed by atoms with Crippen LogP contribution in [0.15, 0.2) is 85.1 Å². The lowest BCUT2D eigenvalue weighted by atomic mass is 9.81. The molecule has 0 atom stereocenters. The number of alkyl halides is 6. The molecule has 5 nitrogen and oxygen atoms in total. The van der Waals surface area contributed by atoms with Gasteiger partial charge in [-0.05, 0) is 67.3 Å². The molecule has 0 saturated heterocycles. The van der Waals surface area contributed by atoms with Crippen LogP contribution in [0.1, 0.15) is 41.7 Å². The van der Waals surface area contributed by atoms with Gasteiger partial charge in [-0.1, -0.05) is 54.6 Å². The molecular weight excluding hydrogens is 584 g/mol. The summed E-state index contributed by atoms with van der Waals surface area (Å²) in [6.45, 7) is 4.99.